The molecule has 0 aromatic heterocycles. The summed E-state index contributed by atoms with van der Waals surface area (Å²) in [5.41, 5.74) is 2.79. The number of nitrogens with zero attached hydrogens (tertiary/aromatic N) is 1. The summed E-state index contributed by atoms with van der Waals surface area (Å²) in [6.07, 6.45) is 22.7. The van der Waals surface area contributed by atoms with Gasteiger partial charge in [0.25, 0.3) is 0 Å². The summed E-state index contributed by atoms with van der Waals surface area (Å²) >= 11 is 0. The lowest BCUT2D eigenvalue weighted by atomic mass is 10.1. The number of quaternary nitrogens is 1. The van der Waals surface area contributed by atoms with Crippen LogP contribution in [-0.2, 0) is 13.1 Å². The van der Waals surface area contributed by atoms with Crippen LogP contribution in [0.15, 0.2) is 85.2 Å². The zero-order valence-corrected chi connectivity index (χ0v) is 20.0. The average Bonchev–Trinajstić information content (AvgIpc) is 2.80. The number of unbranched alkanes of at least 4 members (excludes halogenated alkanes) is 8. The van der Waals surface area contributed by atoms with Gasteiger partial charge in [-0.15, -0.1) is 0 Å². The Balaban J connectivity index is 2.21. The van der Waals surface area contributed by atoms with E-state index in [9.17, 15) is 0 Å². The molecular formula is C30H44N+. The zero-order chi connectivity index (χ0) is 22.0. The van der Waals surface area contributed by atoms with Crippen molar-refractivity contribution >= 4 is 0 Å². The van der Waals surface area contributed by atoms with Crippen molar-refractivity contribution in [3.8, 4) is 0 Å². The van der Waals surface area contributed by atoms with Crippen molar-refractivity contribution in [2.45, 2.75) is 91.1 Å². The van der Waals surface area contributed by atoms with E-state index in [0.29, 0.717) is 0 Å². The van der Waals surface area contributed by atoms with E-state index in [1.54, 1.807) is 0 Å². The van der Waals surface area contributed by atoms with Gasteiger partial charge in [-0.3, -0.25) is 4.48 Å². The Hall–Kier alpha value is -2.12. The highest BCUT2D eigenvalue weighted by Crippen LogP contribution is 2.23. The Bertz CT molecular complexity index is 664. The maximum absolute atomic E-state index is 2.47. The number of rotatable bonds is 16. The molecular weight excluding hydrogens is 374 g/mol. The Morgan fingerprint density at radius 3 is 1.35 bits per heavy atom. The van der Waals surface area contributed by atoms with E-state index in [1.165, 1.54) is 75.3 Å². The standard InChI is InChI=1S/C30H44N/c1-3-5-7-9-11-19-25-31(26-20-12-10-8-6-4-2,27-29-21-15-13-16-22-29)28-30-23-17-14-18-24-30/h13-26H,3-12,27-28H2,1-2H3/q+1/b25-19-,26-20+. The Morgan fingerprint density at radius 1 is 0.548 bits per heavy atom. The Morgan fingerprint density at radius 2 is 0.968 bits per heavy atom. The molecule has 0 fully saturated rings. The second-order valence-corrected chi connectivity index (χ2v) is 8.86. The summed E-state index contributed by atoms with van der Waals surface area (Å²) in [6.45, 7) is 6.55. The summed E-state index contributed by atoms with van der Waals surface area (Å²) < 4.78 is 0.857. The molecule has 2 aromatic carbocycles. The predicted octanol–water partition coefficient (Wildman–Crippen LogP) is 9.17. The van der Waals surface area contributed by atoms with Crippen LogP contribution in [0, 0.1) is 0 Å². The van der Waals surface area contributed by atoms with Crippen molar-refractivity contribution in [2.24, 2.45) is 0 Å². The van der Waals surface area contributed by atoms with Crippen LogP contribution >= 0.6 is 0 Å². The Kier molecular flexibility index (Phi) is 12.7. The van der Waals surface area contributed by atoms with Crippen LogP contribution in [0.4, 0.5) is 0 Å². The second kappa shape index (κ2) is 15.6. The summed E-state index contributed by atoms with van der Waals surface area (Å²) in [5.74, 6) is 0. The number of hydrogen-bond donors (Lipinski definition) is 0. The minimum absolute atomic E-state index is 0.857. The van der Waals surface area contributed by atoms with E-state index in [-0.39, 0.29) is 0 Å². The highest BCUT2D eigenvalue weighted by atomic mass is 15.3. The SMILES string of the molecule is CCCCCC/C=C\[N+](/C=C/CCCCCC)(Cc1ccccc1)Cc1ccccc1. The summed E-state index contributed by atoms with van der Waals surface area (Å²) in [5, 5.41) is 0. The van der Waals surface area contributed by atoms with Gasteiger partial charge < -0.3 is 0 Å². The van der Waals surface area contributed by atoms with Crippen molar-refractivity contribution in [1.82, 2.24) is 0 Å². The first-order chi connectivity index (χ1) is 15.3. The van der Waals surface area contributed by atoms with Crippen molar-refractivity contribution in [3.63, 3.8) is 0 Å². The molecule has 0 N–H and O–H groups in total. The fraction of sp³-hybridized carbons (Fsp3) is 0.467. The van der Waals surface area contributed by atoms with E-state index in [2.05, 4.69) is 99.1 Å². The van der Waals surface area contributed by atoms with Gasteiger partial charge >= 0.3 is 0 Å². The molecule has 168 valence electrons. The third-order valence-corrected chi connectivity index (χ3v) is 5.89. The molecule has 0 saturated heterocycles. The third kappa shape index (κ3) is 10.6. The molecule has 31 heavy (non-hydrogen) atoms. The second-order valence-electron chi connectivity index (χ2n) is 8.86. The van der Waals surface area contributed by atoms with Gasteiger partial charge in [-0.1, -0.05) is 113 Å². The van der Waals surface area contributed by atoms with E-state index in [0.717, 1.165) is 17.6 Å². The minimum atomic E-state index is 0.857. The van der Waals surface area contributed by atoms with Crippen LogP contribution in [0.5, 0.6) is 0 Å². The van der Waals surface area contributed by atoms with Gasteiger partial charge in [-0.25, -0.2) is 0 Å². The van der Waals surface area contributed by atoms with Crippen LogP contribution in [0.2, 0.25) is 0 Å². The van der Waals surface area contributed by atoms with Crippen LogP contribution in [0.1, 0.15) is 89.2 Å². The fourth-order valence-electron chi connectivity index (χ4n) is 4.11. The van der Waals surface area contributed by atoms with E-state index >= 15 is 0 Å². The summed E-state index contributed by atoms with van der Waals surface area (Å²) in [7, 11) is 0. The van der Waals surface area contributed by atoms with Gasteiger partial charge in [0.2, 0.25) is 0 Å². The molecule has 2 aromatic rings. The maximum Gasteiger partial charge on any atom is 0.113 e. The Labute approximate surface area is 192 Å². The highest BCUT2D eigenvalue weighted by molar-refractivity contribution is 5.16. The van der Waals surface area contributed by atoms with Gasteiger partial charge in [-0.05, 0) is 37.8 Å². The van der Waals surface area contributed by atoms with Gasteiger partial charge in [0, 0.05) is 11.1 Å². The maximum atomic E-state index is 2.47. The molecule has 0 aliphatic carbocycles. The first-order valence-electron chi connectivity index (χ1n) is 12.6. The van der Waals surface area contributed by atoms with E-state index in [4.69, 9.17) is 0 Å². The van der Waals surface area contributed by atoms with Crippen molar-refractivity contribution < 1.29 is 4.48 Å². The molecule has 1 heteroatoms. The molecule has 0 aliphatic heterocycles. The topological polar surface area (TPSA) is 0 Å². The van der Waals surface area contributed by atoms with Crippen LogP contribution < -0.4 is 0 Å². The van der Waals surface area contributed by atoms with E-state index in [1.807, 2.05) is 0 Å². The van der Waals surface area contributed by atoms with Gasteiger partial charge in [-0.2, -0.15) is 0 Å². The predicted molar refractivity (Wildman–Crippen MR) is 136 cm³/mol. The number of benzene rings is 2. The van der Waals surface area contributed by atoms with E-state index < -0.39 is 0 Å². The lowest BCUT2D eigenvalue weighted by Crippen LogP contribution is -2.35. The van der Waals surface area contributed by atoms with Crippen molar-refractivity contribution in [3.05, 3.63) is 96.3 Å². The molecule has 0 radical (unpaired) electrons. The monoisotopic (exact) mass is 418 g/mol. The molecule has 0 heterocycles. The largest absolute Gasteiger partial charge is 0.264 e. The van der Waals surface area contributed by atoms with Crippen LogP contribution in [-0.4, -0.2) is 4.48 Å². The van der Waals surface area contributed by atoms with Gasteiger partial charge in [0.05, 0.1) is 12.4 Å². The first-order valence-corrected chi connectivity index (χ1v) is 12.6. The number of allylic oxidation sites excluding steroid dienone is 2. The molecule has 0 spiro atoms. The molecule has 0 atom stereocenters. The average molecular weight is 419 g/mol. The molecule has 0 saturated carbocycles. The molecule has 2 rings (SSSR count). The summed E-state index contributed by atoms with van der Waals surface area (Å²) in [6, 6.07) is 21.9. The normalized spacial score (nSPS) is 12.2. The zero-order valence-electron chi connectivity index (χ0n) is 20.0. The van der Waals surface area contributed by atoms with Gasteiger partial charge in [0.1, 0.15) is 13.1 Å². The first kappa shape index (κ1) is 25.1. The lowest BCUT2D eigenvalue weighted by Gasteiger charge is -2.31. The molecule has 0 aliphatic rings. The lowest BCUT2D eigenvalue weighted by molar-refractivity contribution is -0.856. The molecule has 1 nitrogen and oxygen atoms in total. The smallest absolute Gasteiger partial charge is 0.113 e. The van der Waals surface area contributed by atoms with Crippen LogP contribution in [0.3, 0.4) is 0 Å². The highest BCUT2D eigenvalue weighted by Gasteiger charge is 2.23. The summed E-state index contributed by atoms with van der Waals surface area (Å²) in [4.78, 5) is 0. The molecule has 0 unspecified atom stereocenters. The minimum Gasteiger partial charge on any atom is -0.264 e. The quantitative estimate of drug-likeness (QED) is 0.188. The van der Waals surface area contributed by atoms with Crippen LogP contribution in [0.25, 0.3) is 0 Å². The molecule has 0 amide bonds. The number of hydrogen-bond acceptors (Lipinski definition) is 0. The van der Waals surface area contributed by atoms with Crippen molar-refractivity contribution in [1.29, 1.82) is 0 Å². The third-order valence-electron chi connectivity index (χ3n) is 5.89. The molecule has 0 bridgehead atoms. The fourth-order valence-corrected chi connectivity index (χ4v) is 4.11. The van der Waals surface area contributed by atoms with Gasteiger partial charge in [0.15, 0.2) is 0 Å². The van der Waals surface area contributed by atoms with Crippen molar-refractivity contribution in [2.75, 3.05) is 0 Å².